The highest BCUT2D eigenvalue weighted by Crippen LogP contribution is 2.31. The topological polar surface area (TPSA) is 45.5 Å². The predicted molar refractivity (Wildman–Crippen MR) is 87.2 cm³/mol. The summed E-state index contributed by atoms with van der Waals surface area (Å²) in [5, 5.41) is 3.24. The van der Waals surface area contributed by atoms with Crippen molar-refractivity contribution >= 4 is 17.2 Å². The predicted octanol–water partition coefficient (Wildman–Crippen LogP) is 3.14. The van der Waals surface area contributed by atoms with Crippen molar-refractivity contribution in [2.45, 2.75) is 25.8 Å². The number of rotatable bonds is 3. The third kappa shape index (κ3) is 2.59. The van der Waals surface area contributed by atoms with E-state index in [4.69, 9.17) is 4.42 Å². The van der Waals surface area contributed by atoms with Crippen LogP contribution in [-0.2, 0) is 0 Å². The lowest BCUT2D eigenvalue weighted by Crippen LogP contribution is -2.57. The zero-order chi connectivity index (χ0) is 15.1. The smallest absolute Gasteiger partial charge is 0.261 e. The SMILES string of the molecule is Cc1ccc(-c2ccc(C(=O)N[C@H]3CN4CCC3CC4)s2)o1. The van der Waals surface area contributed by atoms with Crippen LogP contribution in [0.5, 0.6) is 0 Å². The average molecular weight is 316 g/mol. The molecule has 0 aromatic carbocycles. The summed E-state index contributed by atoms with van der Waals surface area (Å²) in [5.74, 6) is 2.44. The molecule has 0 radical (unpaired) electrons. The van der Waals surface area contributed by atoms with Crippen LogP contribution in [0, 0.1) is 12.8 Å². The third-order valence-corrected chi connectivity index (χ3v) is 5.88. The molecule has 0 saturated carbocycles. The van der Waals surface area contributed by atoms with Crippen LogP contribution >= 0.6 is 11.3 Å². The molecular weight excluding hydrogens is 296 g/mol. The summed E-state index contributed by atoms with van der Waals surface area (Å²) >= 11 is 1.50. The van der Waals surface area contributed by atoms with Gasteiger partial charge in [0.25, 0.3) is 5.91 Å². The van der Waals surface area contributed by atoms with Crippen LogP contribution in [0.25, 0.3) is 10.6 Å². The van der Waals surface area contributed by atoms with Crippen molar-refractivity contribution in [1.29, 1.82) is 0 Å². The molecular formula is C17H20N2O2S. The first-order chi connectivity index (χ1) is 10.7. The van der Waals surface area contributed by atoms with Gasteiger partial charge in [-0.3, -0.25) is 4.79 Å². The van der Waals surface area contributed by atoms with Crippen LogP contribution in [0.15, 0.2) is 28.7 Å². The first-order valence-electron chi connectivity index (χ1n) is 7.89. The maximum atomic E-state index is 12.5. The molecule has 1 atom stereocenters. The minimum atomic E-state index is 0.0540. The fraction of sp³-hybridized carbons (Fsp3) is 0.471. The van der Waals surface area contributed by atoms with Gasteiger partial charge in [0, 0.05) is 12.6 Å². The lowest BCUT2D eigenvalue weighted by molar-refractivity contribution is 0.0622. The van der Waals surface area contributed by atoms with Crippen molar-refractivity contribution in [2.75, 3.05) is 19.6 Å². The highest BCUT2D eigenvalue weighted by Gasteiger charge is 2.35. The van der Waals surface area contributed by atoms with Crippen LogP contribution in [0.2, 0.25) is 0 Å². The summed E-state index contributed by atoms with van der Waals surface area (Å²) in [6, 6.07) is 8.08. The van der Waals surface area contributed by atoms with E-state index in [1.165, 1.54) is 37.3 Å². The highest BCUT2D eigenvalue weighted by atomic mass is 32.1. The van der Waals surface area contributed by atoms with Gasteiger partial charge in [-0.15, -0.1) is 11.3 Å². The van der Waals surface area contributed by atoms with E-state index in [-0.39, 0.29) is 5.91 Å². The normalized spacial score (nSPS) is 27.0. The molecule has 2 aromatic heterocycles. The van der Waals surface area contributed by atoms with E-state index in [2.05, 4.69) is 10.2 Å². The minimum Gasteiger partial charge on any atom is -0.461 e. The average Bonchev–Trinajstić information content (AvgIpc) is 3.17. The van der Waals surface area contributed by atoms with Crippen LogP contribution < -0.4 is 5.32 Å². The molecule has 5 rings (SSSR count). The van der Waals surface area contributed by atoms with Gasteiger partial charge in [0.05, 0.1) is 9.75 Å². The molecule has 1 amide bonds. The Hall–Kier alpha value is -1.59. The summed E-state index contributed by atoms with van der Waals surface area (Å²) in [6.45, 7) is 5.32. The van der Waals surface area contributed by atoms with E-state index < -0.39 is 0 Å². The number of aryl methyl sites for hydroxylation is 1. The van der Waals surface area contributed by atoms with Crippen molar-refractivity contribution < 1.29 is 9.21 Å². The number of hydrogen-bond donors (Lipinski definition) is 1. The maximum Gasteiger partial charge on any atom is 0.261 e. The molecule has 3 aliphatic rings. The van der Waals surface area contributed by atoms with Gasteiger partial charge in [0.15, 0.2) is 0 Å². The minimum absolute atomic E-state index is 0.0540. The standard InChI is InChI=1S/C17H20N2O2S/c1-11-2-3-14(21-11)15-4-5-16(22-15)17(20)18-13-10-19-8-6-12(13)7-9-19/h2-5,12-13H,6-10H2,1H3,(H,18,20)/t13-/m0/s1. The lowest BCUT2D eigenvalue weighted by Gasteiger charge is -2.44. The Kier molecular flexibility index (Phi) is 3.54. The van der Waals surface area contributed by atoms with Crippen molar-refractivity contribution in [1.82, 2.24) is 10.2 Å². The Morgan fingerprint density at radius 2 is 2.09 bits per heavy atom. The fourth-order valence-electron chi connectivity index (χ4n) is 3.53. The molecule has 2 bridgehead atoms. The van der Waals surface area contributed by atoms with E-state index in [0.717, 1.165) is 27.8 Å². The largest absolute Gasteiger partial charge is 0.461 e. The lowest BCUT2D eigenvalue weighted by atomic mass is 9.84. The quantitative estimate of drug-likeness (QED) is 0.946. The molecule has 3 saturated heterocycles. The highest BCUT2D eigenvalue weighted by molar-refractivity contribution is 7.17. The van der Waals surface area contributed by atoms with Gasteiger partial charge in [0.1, 0.15) is 11.5 Å². The maximum absolute atomic E-state index is 12.5. The molecule has 4 nitrogen and oxygen atoms in total. The molecule has 0 unspecified atom stereocenters. The zero-order valence-electron chi connectivity index (χ0n) is 12.7. The van der Waals surface area contributed by atoms with Crippen LogP contribution in [0.1, 0.15) is 28.3 Å². The number of thiophene rings is 1. The van der Waals surface area contributed by atoms with Crippen LogP contribution in [0.3, 0.4) is 0 Å². The van der Waals surface area contributed by atoms with Gasteiger partial charge in [-0.2, -0.15) is 0 Å². The first kappa shape index (κ1) is 14.0. The Morgan fingerprint density at radius 3 is 2.73 bits per heavy atom. The number of nitrogens with one attached hydrogen (secondary N) is 1. The van der Waals surface area contributed by atoms with Crippen molar-refractivity contribution in [2.24, 2.45) is 5.92 Å². The molecule has 1 N–H and O–H groups in total. The first-order valence-corrected chi connectivity index (χ1v) is 8.70. The summed E-state index contributed by atoms with van der Waals surface area (Å²) in [5.41, 5.74) is 0. The van der Waals surface area contributed by atoms with Gasteiger partial charge in [0.2, 0.25) is 0 Å². The molecule has 0 spiro atoms. The summed E-state index contributed by atoms with van der Waals surface area (Å²) < 4.78 is 5.62. The van der Waals surface area contributed by atoms with Gasteiger partial charge in [-0.1, -0.05) is 0 Å². The second-order valence-corrected chi connectivity index (χ2v) is 7.38. The Labute approximate surface area is 134 Å². The molecule has 3 aliphatic heterocycles. The van der Waals surface area contributed by atoms with Crippen LogP contribution in [0.4, 0.5) is 0 Å². The van der Waals surface area contributed by atoms with Crippen molar-refractivity contribution in [3.63, 3.8) is 0 Å². The van der Waals surface area contributed by atoms with E-state index >= 15 is 0 Å². The molecule has 0 aliphatic carbocycles. The third-order valence-electron chi connectivity index (χ3n) is 4.79. The van der Waals surface area contributed by atoms with E-state index in [0.29, 0.717) is 12.0 Å². The molecule has 22 heavy (non-hydrogen) atoms. The molecule has 2 aromatic rings. The van der Waals surface area contributed by atoms with E-state index in [1.807, 2.05) is 31.2 Å². The summed E-state index contributed by atoms with van der Waals surface area (Å²) in [6.07, 6.45) is 2.43. The fourth-order valence-corrected chi connectivity index (χ4v) is 4.40. The van der Waals surface area contributed by atoms with Gasteiger partial charge >= 0.3 is 0 Å². The number of hydrogen-bond acceptors (Lipinski definition) is 4. The number of carbonyl (C=O) groups is 1. The second-order valence-electron chi connectivity index (χ2n) is 6.29. The molecule has 3 fully saturated rings. The molecule has 116 valence electrons. The van der Waals surface area contributed by atoms with Gasteiger partial charge < -0.3 is 14.6 Å². The van der Waals surface area contributed by atoms with Gasteiger partial charge in [-0.25, -0.2) is 0 Å². The Bertz CT molecular complexity index is 682. The molecule has 5 heterocycles. The summed E-state index contributed by atoms with van der Waals surface area (Å²) in [7, 11) is 0. The van der Waals surface area contributed by atoms with Crippen LogP contribution in [-0.4, -0.2) is 36.5 Å². The Balaban J connectivity index is 1.46. The number of amides is 1. The number of furan rings is 1. The van der Waals surface area contributed by atoms with Crippen molar-refractivity contribution in [3.8, 4) is 10.6 Å². The Morgan fingerprint density at radius 1 is 1.27 bits per heavy atom. The van der Waals surface area contributed by atoms with Crippen molar-refractivity contribution in [3.05, 3.63) is 34.9 Å². The number of fused-ring (bicyclic) bond motifs is 3. The monoisotopic (exact) mass is 316 g/mol. The van der Waals surface area contributed by atoms with E-state index in [9.17, 15) is 4.79 Å². The van der Waals surface area contributed by atoms with E-state index in [1.54, 1.807) is 0 Å². The zero-order valence-corrected chi connectivity index (χ0v) is 13.5. The number of carbonyl (C=O) groups excluding carboxylic acids is 1. The molecule has 5 heteroatoms. The summed E-state index contributed by atoms with van der Waals surface area (Å²) in [4.78, 5) is 16.7. The second kappa shape index (κ2) is 5.56. The van der Waals surface area contributed by atoms with Gasteiger partial charge in [-0.05, 0) is 63.0 Å². The number of nitrogens with zero attached hydrogens (tertiary/aromatic N) is 1. The number of piperidine rings is 3.